The first-order valence-electron chi connectivity index (χ1n) is 4.31. The summed E-state index contributed by atoms with van der Waals surface area (Å²) < 4.78 is 0. The summed E-state index contributed by atoms with van der Waals surface area (Å²) in [4.78, 5) is 13.3. The van der Waals surface area contributed by atoms with Crippen molar-refractivity contribution in [2.24, 2.45) is 5.84 Å². The van der Waals surface area contributed by atoms with Crippen LogP contribution in [0.1, 0.15) is 21.5 Å². The van der Waals surface area contributed by atoms with Crippen LogP contribution in [0.2, 0.25) is 0 Å². The van der Waals surface area contributed by atoms with Gasteiger partial charge in [-0.25, -0.2) is 5.84 Å². The molecule has 1 amide bonds. The van der Waals surface area contributed by atoms with Gasteiger partial charge in [-0.15, -0.1) is 11.3 Å². The van der Waals surface area contributed by atoms with Crippen molar-refractivity contribution in [2.45, 2.75) is 20.0 Å². The minimum atomic E-state index is -0.606. The zero-order chi connectivity index (χ0) is 10.7. The molecule has 0 unspecified atom stereocenters. The Hall–Kier alpha value is -0.910. The number of aryl methyl sites for hydroxylation is 1. The quantitative estimate of drug-likeness (QED) is 0.443. The van der Waals surface area contributed by atoms with Crippen molar-refractivity contribution in [3.8, 4) is 0 Å². The number of thiophene rings is 1. The lowest BCUT2D eigenvalue weighted by Gasteiger charge is -2.16. The molecule has 1 aromatic rings. The van der Waals surface area contributed by atoms with Crippen LogP contribution in [-0.2, 0) is 0 Å². The largest absolute Gasteiger partial charge is 0.392 e. The van der Waals surface area contributed by atoms with Gasteiger partial charge in [0.2, 0.25) is 0 Å². The molecule has 4 nitrogen and oxygen atoms in total. The molecule has 0 saturated heterocycles. The Morgan fingerprint density at radius 3 is 2.79 bits per heavy atom. The second-order valence-corrected chi connectivity index (χ2v) is 4.50. The van der Waals surface area contributed by atoms with E-state index in [1.165, 1.54) is 11.3 Å². The van der Waals surface area contributed by atoms with E-state index in [-0.39, 0.29) is 12.5 Å². The lowest BCUT2D eigenvalue weighted by molar-refractivity contribution is 0.0652. The third-order valence-electron chi connectivity index (χ3n) is 1.67. The van der Waals surface area contributed by atoms with Gasteiger partial charge in [-0.05, 0) is 26.0 Å². The number of amides is 1. The van der Waals surface area contributed by atoms with Crippen LogP contribution in [0.15, 0.2) is 12.1 Å². The maximum atomic E-state index is 11.6. The van der Waals surface area contributed by atoms with Gasteiger partial charge in [0.05, 0.1) is 17.5 Å². The van der Waals surface area contributed by atoms with E-state index >= 15 is 0 Å². The van der Waals surface area contributed by atoms with Crippen molar-refractivity contribution in [3.63, 3.8) is 0 Å². The van der Waals surface area contributed by atoms with Gasteiger partial charge in [0.25, 0.3) is 5.91 Å². The summed E-state index contributed by atoms with van der Waals surface area (Å²) in [6.45, 7) is 3.67. The molecule has 1 rings (SSSR count). The van der Waals surface area contributed by atoms with E-state index < -0.39 is 6.10 Å². The molecular weight excluding hydrogens is 200 g/mol. The molecule has 0 saturated carbocycles. The fourth-order valence-corrected chi connectivity index (χ4v) is 1.88. The molecule has 0 bridgehead atoms. The van der Waals surface area contributed by atoms with E-state index in [0.29, 0.717) is 4.88 Å². The van der Waals surface area contributed by atoms with Gasteiger partial charge >= 0.3 is 0 Å². The van der Waals surface area contributed by atoms with Gasteiger partial charge in [0.15, 0.2) is 0 Å². The Labute approximate surface area is 86.9 Å². The van der Waals surface area contributed by atoms with Crippen molar-refractivity contribution in [1.29, 1.82) is 0 Å². The third kappa shape index (κ3) is 2.80. The average Bonchev–Trinajstić information content (AvgIpc) is 2.49. The molecular formula is C9H14N2O2S. The van der Waals surface area contributed by atoms with E-state index in [0.717, 1.165) is 9.89 Å². The van der Waals surface area contributed by atoms with E-state index in [1.54, 1.807) is 13.0 Å². The van der Waals surface area contributed by atoms with Crippen molar-refractivity contribution in [3.05, 3.63) is 21.9 Å². The number of carbonyl (C=O) groups excluding carboxylic acids is 1. The Balaban J connectivity index is 2.65. The molecule has 0 aliphatic rings. The maximum Gasteiger partial charge on any atom is 0.277 e. The van der Waals surface area contributed by atoms with Gasteiger partial charge in [0.1, 0.15) is 0 Å². The molecule has 0 aromatic carbocycles. The fraction of sp³-hybridized carbons (Fsp3) is 0.444. The van der Waals surface area contributed by atoms with Crippen LogP contribution < -0.4 is 5.84 Å². The minimum absolute atomic E-state index is 0.149. The summed E-state index contributed by atoms with van der Waals surface area (Å²) in [6.07, 6.45) is -0.606. The number of hydrazine groups is 1. The van der Waals surface area contributed by atoms with E-state index in [1.807, 2.05) is 13.0 Å². The summed E-state index contributed by atoms with van der Waals surface area (Å²) in [6, 6.07) is 3.61. The van der Waals surface area contributed by atoms with Crippen LogP contribution in [0.3, 0.4) is 0 Å². The molecule has 0 aliphatic heterocycles. The van der Waals surface area contributed by atoms with E-state index in [4.69, 9.17) is 10.9 Å². The predicted octanol–water partition coefficient (Wildman–Crippen LogP) is 0.753. The Morgan fingerprint density at radius 1 is 1.71 bits per heavy atom. The van der Waals surface area contributed by atoms with Gasteiger partial charge in [0, 0.05) is 4.88 Å². The van der Waals surface area contributed by atoms with Crippen molar-refractivity contribution < 1.29 is 9.90 Å². The summed E-state index contributed by atoms with van der Waals surface area (Å²) in [5.41, 5.74) is 0. The molecule has 1 heterocycles. The number of hydrogen-bond donors (Lipinski definition) is 2. The van der Waals surface area contributed by atoms with Crippen LogP contribution in [-0.4, -0.2) is 28.7 Å². The predicted molar refractivity (Wildman–Crippen MR) is 56.0 cm³/mol. The van der Waals surface area contributed by atoms with Crippen LogP contribution in [0.25, 0.3) is 0 Å². The van der Waals surface area contributed by atoms with Crippen molar-refractivity contribution in [1.82, 2.24) is 5.01 Å². The number of carbonyl (C=O) groups is 1. The van der Waals surface area contributed by atoms with Crippen LogP contribution in [0.4, 0.5) is 0 Å². The Bertz CT molecular complexity index is 322. The molecule has 1 aromatic heterocycles. The highest BCUT2D eigenvalue weighted by Crippen LogP contribution is 2.16. The van der Waals surface area contributed by atoms with Crippen LogP contribution >= 0.6 is 11.3 Å². The normalized spacial score (nSPS) is 12.6. The van der Waals surface area contributed by atoms with Crippen molar-refractivity contribution >= 4 is 17.2 Å². The lowest BCUT2D eigenvalue weighted by atomic mass is 10.3. The fourth-order valence-electron chi connectivity index (χ4n) is 1.06. The average molecular weight is 214 g/mol. The SMILES string of the molecule is Cc1ccc(C(=O)N(N)C[C@@H](C)O)s1. The molecule has 0 fully saturated rings. The molecule has 14 heavy (non-hydrogen) atoms. The van der Waals surface area contributed by atoms with E-state index in [2.05, 4.69) is 0 Å². The highest BCUT2D eigenvalue weighted by Gasteiger charge is 2.15. The number of aliphatic hydroxyl groups excluding tert-OH is 1. The number of nitrogens with two attached hydrogens (primary N) is 1. The number of nitrogens with zero attached hydrogens (tertiary/aromatic N) is 1. The third-order valence-corrected chi connectivity index (χ3v) is 2.66. The summed E-state index contributed by atoms with van der Waals surface area (Å²) in [5.74, 6) is 5.24. The maximum absolute atomic E-state index is 11.6. The zero-order valence-corrected chi connectivity index (χ0v) is 9.04. The topological polar surface area (TPSA) is 66.6 Å². The Morgan fingerprint density at radius 2 is 2.36 bits per heavy atom. The smallest absolute Gasteiger partial charge is 0.277 e. The second-order valence-electron chi connectivity index (χ2n) is 3.22. The minimum Gasteiger partial charge on any atom is -0.392 e. The first-order chi connectivity index (χ1) is 6.50. The van der Waals surface area contributed by atoms with Gasteiger partial charge in [-0.3, -0.25) is 9.80 Å². The molecule has 0 radical (unpaired) electrons. The Kier molecular flexibility index (Phi) is 3.62. The summed E-state index contributed by atoms with van der Waals surface area (Å²) in [7, 11) is 0. The highest BCUT2D eigenvalue weighted by atomic mass is 32.1. The molecule has 5 heteroatoms. The summed E-state index contributed by atoms with van der Waals surface area (Å²) >= 11 is 1.40. The summed E-state index contributed by atoms with van der Waals surface area (Å²) in [5, 5.41) is 10.1. The van der Waals surface area contributed by atoms with Gasteiger partial charge < -0.3 is 5.11 Å². The number of rotatable bonds is 3. The first kappa shape index (κ1) is 11.2. The van der Waals surface area contributed by atoms with Gasteiger partial charge in [-0.1, -0.05) is 0 Å². The molecule has 0 aliphatic carbocycles. The molecule has 1 atom stereocenters. The van der Waals surface area contributed by atoms with Crippen molar-refractivity contribution in [2.75, 3.05) is 6.54 Å². The molecule has 78 valence electrons. The van der Waals surface area contributed by atoms with Crippen LogP contribution in [0, 0.1) is 6.92 Å². The molecule has 0 spiro atoms. The van der Waals surface area contributed by atoms with Crippen LogP contribution in [0.5, 0.6) is 0 Å². The molecule has 3 N–H and O–H groups in total. The first-order valence-corrected chi connectivity index (χ1v) is 5.13. The van der Waals surface area contributed by atoms with Gasteiger partial charge in [-0.2, -0.15) is 0 Å². The number of aliphatic hydroxyl groups is 1. The monoisotopic (exact) mass is 214 g/mol. The number of hydrogen-bond acceptors (Lipinski definition) is 4. The standard InChI is InChI=1S/C9H14N2O2S/c1-6(12)5-11(10)9(13)8-4-3-7(2)14-8/h3-4,6,12H,5,10H2,1-2H3/t6-/m1/s1. The second kappa shape index (κ2) is 4.54. The highest BCUT2D eigenvalue weighted by molar-refractivity contribution is 7.13. The lowest BCUT2D eigenvalue weighted by Crippen LogP contribution is -2.41. The zero-order valence-electron chi connectivity index (χ0n) is 8.23. The van der Waals surface area contributed by atoms with E-state index in [9.17, 15) is 4.79 Å².